The summed E-state index contributed by atoms with van der Waals surface area (Å²) < 4.78 is 0. The molecule has 1 saturated carbocycles. The van der Waals surface area contributed by atoms with E-state index >= 15 is 0 Å². The van der Waals surface area contributed by atoms with E-state index in [-0.39, 0.29) is 10.7 Å². The number of amides is 1. The van der Waals surface area contributed by atoms with Gasteiger partial charge in [-0.2, -0.15) is 0 Å². The molecule has 1 unspecified atom stereocenters. The summed E-state index contributed by atoms with van der Waals surface area (Å²) in [5.41, 5.74) is 0.496. The lowest BCUT2D eigenvalue weighted by molar-refractivity contribution is -0.129. The zero-order chi connectivity index (χ0) is 10.9. The van der Waals surface area contributed by atoms with E-state index in [1.54, 1.807) is 0 Å². The SMILES string of the molecule is CC(Br)C(=O)N1CCC2(CCCCC2)C1. The van der Waals surface area contributed by atoms with E-state index in [4.69, 9.17) is 0 Å². The summed E-state index contributed by atoms with van der Waals surface area (Å²) in [5, 5.41) is 0. The van der Waals surface area contributed by atoms with E-state index in [0.29, 0.717) is 5.41 Å². The van der Waals surface area contributed by atoms with E-state index in [2.05, 4.69) is 20.8 Å². The fourth-order valence-electron chi connectivity index (χ4n) is 3.08. The second-order valence-electron chi connectivity index (χ2n) is 5.19. The molecule has 2 nitrogen and oxygen atoms in total. The van der Waals surface area contributed by atoms with Crippen molar-refractivity contribution < 1.29 is 4.79 Å². The standard InChI is InChI=1S/C12H20BrNO/c1-10(13)11(15)14-8-7-12(9-14)5-3-2-4-6-12/h10H,2-9H2,1H3. The monoisotopic (exact) mass is 273 g/mol. The van der Waals surface area contributed by atoms with Crippen LogP contribution in [0.3, 0.4) is 0 Å². The largest absolute Gasteiger partial charge is 0.341 e. The predicted octanol–water partition coefficient (Wildman–Crippen LogP) is 2.95. The molecule has 86 valence electrons. The molecule has 0 aromatic heterocycles. The average Bonchev–Trinajstić information content (AvgIpc) is 2.62. The first kappa shape index (κ1) is 11.4. The maximum Gasteiger partial charge on any atom is 0.236 e. The molecule has 0 aromatic rings. The Labute approximate surface area is 101 Å². The fourth-order valence-corrected chi connectivity index (χ4v) is 3.37. The topological polar surface area (TPSA) is 20.3 Å². The van der Waals surface area contributed by atoms with Crippen molar-refractivity contribution in [2.24, 2.45) is 5.41 Å². The van der Waals surface area contributed by atoms with E-state index < -0.39 is 0 Å². The predicted molar refractivity (Wildman–Crippen MR) is 65.1 cm³/mol. The van der Waals surface area contributed by atoms with Crippen LogP contribution in [0.1, 0.15) is 45.4 Å². The second kappa shape index (κ2) is 4.44. The van der Waals surface area contributed by atoms with Crippen LogP contribution in [0, 0.1) is 5.41 Å². The molecule has 1 aliphatic carbocycles. The van der Waals surface area contributed by atoms with Crippen molar-refractivity contribution >= 4 is 21.8 Å². The number of carbonyl (C=O) groups is 1. The molecule has 1 heterocycles. The Hall–Kier alpha value is -0.0500. The lowest BCUT2D eigenvalue weighted by Crippen LogP contribution is -2.36. The van der Waals surface area contributed by atoms with Crippen molar-refractivity contribution in [2.45, 2.75) is 50.3 Å². The highest BCUT2D eigenvalue weighted by molar-refractivity contribution is 9.10. The van der Waals surface area contributed by atoms with Gasteiger partial charge in [-0.3, -0.25) is 4.79 Å². The maximum absolute atomic E-state index is 11.9. The minimum Gasteiger partial charge on any atom is -0.341 e. The maximum atomic E-state index is 11.9. The van der Waals surface area contributed by atoms with Gasteiger partial charge in [0.25, 0.3) is 0 Å². The van der Waals surface area contributed by atoms with Crippen LogP contribution in [0.25, 0.3) is 0 Å². The molecule has 0 radical (unpaired) electrons. The molecule has 1 spiro atoms. The summed E-state index contributed by atoms with van der Waals surface area (Å²) in [6.45, 7) is 3.92. The van der Waals surface area contributed by atoms with Gasteiger partial charge in [-0.1, -0.05) is 35.2 Å². The minimum atomic E-state index is -0.0174. The normalized spacial score (nSPS) is 26.9. The molecule has 3 heteroatoms. The minimum absolute atomic E-state index is 0.0174. The number of halogens is 1. The Morgan fingerprint density at radius 1 is 1.27 bits per heavy atom. The van der Waals surface area contributed by atoms with E-state index in [9.17, 15) is 4.79 Å². The van der Waals surface area contributed by atoms with Crippen LogP contribution in [0.2, 0.25) is 0 Å². The zero-order valence-corrected chi connectivity index (χ0v) is 11.1. The van der Waals surface area contributed by atoms with Crippen molar-refractivity contribution in [1.29, 1.82) is 0 Å². The molecular weight excluding hydrogens is 254 g/mol. The first-order valence-electron chi connectivity index (χ1n) is 6.06. The molecule has 1 atom stereocenters. The van der Waals surface area contributed by atoms with Crippen molar-refractivity contribution in [1.82, 2.24) is 4.90 Å². The van der Waals surface area contributed by atoms with Crippen LogP contribution in [0.4, 0.5) is 0 Å². The smallest absolute Gasteiger partial charge is 0.236 e. The number of hydrogen-bond acceptors (Lipinski definition) is 1. The number of hydrogen-bond donors (Lipinski definition) is 0. The Morgan fingerprint density at radius 2 is 1.93 bits per heavy atom. The van der Waals surface area contributed by atoms with Gasteiger partial charge in [0.15, 0.2) is 0 Å². The summed E-state index contributed by atoms with van der Waals surface area (Å²) in [6.07, 6.45) is 8.04. The summed E-state index contributed by atoms with van der Waals surface area (Å²) in [7, 11) is 0. The zero-order valence-electron chi connectivity index (χ0n) is 9.47. The van der Waals surface area contributed by atoms with Gasteiger partial charge in [0.05, 0.1) is 4.83 Å². The van der Waals surface area contributed by atoms with Crippen LogP contribution in [-0.2, 0) is 4.79 Å². The fraction of sp³-hybridized carbons (Fsp3) is 0.917. The molecule has 0 bridgehead atoms. The summed E-state index contributed by atoms with van der Waals surface area (Å²) >= 11 is 3.37. The van der Waals surface area contributed by atoms with Gasteiger partial charge in [-0.25, -0.2) is 0 Å². The van der Waals surface area contributed by atoms with Gasteiger partial charge < -0.3 is 4.90 Å². The molecule has 15 heavy (non-hydrogen) atoms. The van der Waals surface area contributed by atoms with E-state index in [0.717, 1.165) is 13.1 Å². The summed E-state index contributed by atoms with van der Waals surface area (Å²) in [4.78, 5) is 13.9. The molecule has 1 amide bonds. The average molecular weight is 274 g/mol. The molecule has 0 aromatic carbocycles. The number of likely N-dealkylation sites (tertiary alicyclic amines) is 1. The Bertz CT molecular complexity index is 246. The first-order valence-corrected chi connectivity index (χ1v) is 6.97. The third-order valence-corrected chi connectivity index (χ3v) is 4.40. The van der Waals surface area contributed by atoms with Crippen molar-refractivity contribution in [3.05, 3.63) is 0 Å². The summed E-state index contributed by atoms with van der Waals surface area (Å²) in [6, 6.07) is 0. The number of alkyl halides is 1. The highest BCUT2D eigenvalue weighted by atomic mass is 79.9. The quantitative estimate of drug-likeness (QED) is 0.673. The highest BCUT2D eigenvalue weighted by Gasteiger charge is 2.40. The van der Waals surface area contributed by atoms with Crippen LogP contribution in [0.15, 0.2) is 0 Å². The van der Waals surface area contributed by atoms with Crippen LogP contribution < -0.4 is 0 Å². The van der Waals surface area contributed by atoms with Crippen LogP contribution in [0.5, 0.6) is 0 Å². The number of rotatable bonds is 1. The first-order chi connectivity index (χ1) is 7.13. The van der Waals surface area contributed by atoms with Gasteiger partial charge >= 0.3 is 0 Å². The number of carbonyl (C=O) groups excluding carboxylic acids is 1. The molecular formula is C12H20BrNO. The van der Waals surface area contributed by atoms with Crippen LogP contribution >= 0.6 is 15.9 Å². The molecule has 0 N–H and O–H groups in total. The molecule has 2 aliphatic rings. The van der Waals surface area contributed by atoms with Crippen molar-refractivity contribution in [3.63, 3.8) is 0 Å². The Balaban J connectivity index is 1.96. The van der Waals surface area contributed by atoms with E-state index in [1.165, 1.54) is 38.5 Å². The summed E-state index contributed by atoms with van der Waals surface area (Å²) in [5.74, 6) is 0.275. The van der Waals surface area contributed by atoms with Crippen LogP contribution in [-0.4, -0.2) is 28.7 Å². The van der Waals surface area contributed by atoms with Gasteiger partial charge in [-0.15, -0.1) is 0 Å². The third kappa shape index (κ3) is 2.38. The van der Waals surface area contributed by atoms with Gasteiger partial charge in [0.1, 0.15) is 0 Å². The second-order valence-corrected chi connectivity index (χ2v) is 6.56. The molecule has 2 rings (SSSR count). The number of nitrogens with zero attached hydrogens (tertiary/aromatic N) is 1. The van der Waals surface area contributed by atoms with E-state index in [1.807, 2.05) is 6.92 Å². The van der Waals surface area contributed by atoms with Crippen molar-refractivity contribution in [3.8, 4) is 0 Å². The molecule has 2 fully saturated rings. The molecule has 1 aliphatic heterocycles. The Morgan fingerprint density at radius 3 is 2.53 bits per heavy atom. The lowest BCUT2D eigenvalue weighted by Gasteiger charge is -2.33. The van der Waals surface area contributed by atoms with Gasteiger partial charge in [-0.05, 0) is 31.6 Å². The van der Waals surface area contributed by atoms with Gasteiger partial charge in [0.2, 0.25) is 5.91 Å². The Kier molecular flexibility index (Phi) is 3.39. The van der Waals surface area contributed by atoms with Gasteiger partial charge in [0, 0.05) is 13.1 Å². The van der Waals surface area contributed by atoms with Crippen molar-refractivity contribution in [2.75, 3.05) is 13.1 Å². The molecule has 1 saturated heterocycles. The third-order valence-electron chi connectivity index (χ3n) is 4.00. The lowest BCUT2D eigenvalue weighted by atomic mass is 9.73. The highest BCUT2D eigenvalue weighted by Crippen LogP contribution is 2.43.